The number of carboxylic acid groups (broad SMARTS) is 2. The van der Waals surface area contributed by atoms with Gasteiger partial charge in [-0.15, -0.1) is 0 Å². The van der Waals surface area contributed by atoms with Crippen LogP contribution in [0.1, 0.15) is 31.2 Å². The summed E-state index contributed by atoms with van der Waals surface area (Å²) >= 11 is 0. The van der Waals surface area contributed by atoms with Crippen molar-refractivity contribution in [2.75, 3.05) is 11.5 Å². The van der Waals surface area contributed by atoms with Crippen LogP contribution in [-0.4, -0.2) is 33.7 Å². The topological polar surface area (TPSA) is 74.6 Å². The second kappa shape index (κ2) is 8.64. The molecule has 4 nitrogen and oxygen atoms in total. The van der Waals surface area contributed by atoms with Gasteiger partial charge < -0.3 is 10.2 Å². The third-order valence-electron chi connectivity index (χ3n) is 3.04. The number of hydrogen-bond donors (Lipinski definition) is 3. The molecule has 0 fully saturated rings. The third kappa shape index (κ3) is 6.61. The molecule has 20 heavy (non-hydrogen) atoms. The highest BCUT2D eigenvalue weighted by atomic mass is 32.2. The molecular weight excluding hydrogens is 276 g/mol. The van der Waals surface area contributed by atoms with Gasteiger partial charge in [0, 0.05) is 12.8 Å². The van der Waals surface area contributed by atoms with E-state index in [0.717, 1.165) is 11.5 Å². The second-order valence-electron chi connectivity index (χ2n) is 4.82. The molecule has 1 aromatic carbocycles. The molecule has 0 spiro atoms. The summed E-state index contributed by atoms with van der Waals surface area (Å²) in [5.41, 5.74) is 1.19. The Bertz CT molecular complexity index is 422. The van der Waals surface area contributed by atoms with Crippen LogP contribution in [0.3, 0.4) is 0 Å². The van der Waals surface area contributed by atoms with Crippen molar-refractivity contribution in [3.8, 4) is 0 Å². The molecule has 0 aliphatic heterocycles. The van der Waals surface area contributed by atoms with E-state index in [-0.39, 0.29) is 12.8 Å². The fraction of sp³-hybridized carbons (Fsp3) is 0.467. The van der Waals surface area contributed by atoms with Crippen LogP contribution < -0.4 is 0 Å². The maximum Gasteiger partial charge on any atom is 0.303 e. The van der Waals surface area contributed by atoms with Crippen molar-refractivity contribution in [2.45, 2.75) is 37.5 Å². The lowest BCUT2D eigenvalue weighted by atomic mass is 10.2. The van der Waals surface area contributed by atoms with E-state index in [1.165, 1.54) is 10.5 Å². The Morgan fingerprint density at radius 1 is 0.950 bits per heavy atom. The quantitative estimate of drug-likeness (QED) is 0.612. The molecule has 0 radical (unpaired) electrons. The molecule has 2 N–H and O–H groups in total. The van der Waals surface area contributed by atoms with E-state index in [4.69, 9.17) is 10.2 Å². The minimum Gasteiger partial charge on any atom is -0.481 e. The minimum atomic E-state index is -0.769. The van der Waals surface area contributed by atoms with Crippen LogP contribution in [0.5, 0.6) is 0 Å². The molecule has 0 bridgehead atoms. The standard InChI is InChI=1S/C15H22O4S/c1-12-6-8-13(9-7-12)20(10-2-4-14(16)17)11-3-5-15(18)19/h6-9,20H,2-5,10-11H2,1H3,(H,16,17)(H,18,19). The van der Waals surface area contributed by atoms with Crippen LogP contribution >= 0.6 is 10.9 Å². The Hall–Kier alpha value is -1.49. The van der Waals surface area contributed by atoms with E-state index in [1.54, 1.807) is 0 Å². The minimum absolute atomic E-state index is 0.184. The van der Waals surface area contributed by atoms with Gasteiger partial charge in [0.1, 0.15) is 0 Å². The average molecular weight is 298 g/mol. The Morgan fingerprint density at radius 2 is 1.40 bits per heavy atom. The SMILES string of the molecule is Cc1ccc([SH](CCCC(=O)O)CCCC(=O)O)cc1. The van der Waals surface area contributed by atoms with Crippen LogP contribution in [-0.2, 0) is 9.59 Å². The van der Waals surface area contributed by atoms with E-state index in [0.29, 0.717) is 12.8 Å². The lowest BCUT2D eigenvalue weighted by molar-refractivity contribution is -0.138. The van der Waals surface area contributed by atoms with Crippen LogP contribution in [0.2, 0.25) is 0 Å². The van der Waals surface area contributed by atoms with Gasteiger partial charge in [0.05, 0.1) is 0 Å². The van der Waals surface area contributed by atoms with E-state index < -0.39 is 22.8 Å². The van der Waals surface area contributed by atoms with Crippen molar-refractivity contribution in [3.63, 3.8) is 0 Å². The number of hydrogen-bond acceptors (Lipinski definition) is 2. The summed E-state index contributed by atoms with van der Waals surface area (Å²) < 4.78 is 0. The number of carboxylic acids is 2. The van der Waals surface area contributed by atoms with Gasteiger partial charge in [-0.05, 0) is 36.2 Å². The lowest BCUT2D eigenvalue weighted by Crippen LogP contribution is -2.03. The van der Waals surface area contributed by atoms with E-state index in [1.807, 2.05) is 6.92 Å². The van der Waals surface area contributed by atoms with Gasteiger partial charge >= 0.3 is 11.9 Å². The second-order valence-corrected chi connectivity index (χ2v) is 7.31. The van der Waals surface area contributed by atoms with Gasteiger partial charge in [-0.1, -0.05) is 29.8 Å². The van der Waals surface area contributed by atoms with Crippen LogP contribution in [0.15, 0.2) is 29.2 Å². The summed E-state index contributed by atoms with van der Waals surface area (Å²) in [5, 5.41) is 17.4. The largest absolute Gasteiger partial charge is 0.481 e. The zero-order valence-corrected chi connectivity index (χ0v) is 12.6. The third-order valence-corrected chi connectivity index (χ3v) is 5.78. The molecule has 0 amide bonds. The van der Waals surface area contributed by atoms with Gasteiger partial charge in [0.25, 0.3) is 0 Å². The molecule has 0 atom stereocenters. The summed E-state index contributed by atoms with van der Waals surface area (Å²) in [5.74, 6) is 0.165. The molecule has 0 heterocycles. The number of aryl methyl sites for hydroxylation is 1. The Balaban J connectivity index is 2.60. The summed E-state index contributed by atoms with van der Waals surface area (Å²) in [4.78, 5) is 22.4. The highest BCUT2D eigenvalue weighted by Gasteiger charge is 2.09. The molecule has 5 heteroatoms. The van der Waals surface area contributed by atoms with Gasteiger partial charge in [-0.3, -0.25) is 9.59 Å². The van der Waals surface area contributed by atoms with Gasteiger partial charge in [0.15, 0.2) is 0 Å². The highest BCUT2D eigenvalue weighted by Crippen LogP contribution is 2.38. The highest BCUT2D eigenvalue weighted by molar-refractivity contribution is 8.17. The first kappa shape index (κ1) is 16.6. The first-order chi connectivity index (χ1) is 9.49. The first-order valence-electron chi connectivity index (χ1n) is 6.74. The van der Waals surface area contributed by atoms with Gasteiger partial charge in [0.2, 0.25) is 0 Å². The first-order valence-corrected chi connectivity index (χ1v) is 8.45. The number of rotatable bonds is 9. The van der Waals surface area contributed by atoms with Gasteiger partial charge in [-0.2, -0.15) is 0 Å². The fourth-order valence-electron chi connectivity index (χ4n) is 1.97. The molecule has 0 aromatic heterocycles. The average Bonchev–Trinajstić information content (AvgIpc) is 2.37. The van der Waals surface area contributed by atoms with Crippen LogP contribution in [0.25, 0.3) is 0 Å². The molecule has 0 aliphatic rings. The summed E-state index contributed by atoms with van der Waals surface area (Å²) in [6.07, 6.45) is 1.68. The Morgan fingerprint density at radius 3 is 1.80 bits per heavy atom. The van der Waals surface area contributed by atoms with Crippen molar-refractivity contribution in [1.82, 2.24) is 0 Å². The Labute approximate surface area is 122 Å². The van der Waals surface area contributed by atoms with Crippen molar-refractivity contribution >= 4 is 22.8 Å². The smallest absolute Gasteiger partial charge is 0.303 e. The molecule has 1 aromatic rings. The van der Waals surface area contributed by atoms with E-state index >= 15 is 0 Å². The molecule has 112 valence electrons. The van der Waals surface area contributed by atoms with Gasteiger partial charge in [-0.25, -0.2) is 10.9 Å². The normalized spacial score (nSPS) is 11.2. The maximum absolute atomic E-state index is 10.6. The van der Waals surface area contributed by atoms with Crippen LogP contribution in [0, 0.1) is 6.92 Å². The number of benzene rings is 1. The van der Waals surface area contributed by atoms with Crippen LogP contribution in [0.4, 0.5) is 0 Å². The summed E-state index contributed by atoms with van der Waals surface area (Å²) in [6.45, 7) is 2.03. The zero-order chi connectivity index (χ0) is 15.0. The zero-order valence-electron chi connectivity index (χ0n) is 11.7. The maximum atomic E-state index is 10.6. The molecule has 0 unspecified atom stereocenters. The number of carbonyl (C=O) groups is 2. The van der Waals surface area contributed by atoms with Crippen molar-refractivity contribution in [3.05, 3.63) is 29.8 Å². The van der Waals surface area contributed by atoms with Crippen molar-refractivity contribution < 1.29 is 19.8 Å². The predicted molar refractivity (Wildman–Crippen MR) is 81.9 cm³/mol. The lowest BCUT2D eigenvalue weighted by Gasteiger charge is -2.21. The van der Waals surface area contributed by atoms with Crippen molar-refractivity contribution in [2.24, 2.45) is 0 Å². The molecule has 0 aliphatic carbocycles. The van der Waals surface area contributed by atoms with E-state index in [2.05, 4.69) is 24.3 Å². The molecular formula is C15H22O4S. The fourth-order valence-corrected chi connectivity index (χ4v) is 4.36. The monoisotopic (exact) mass is 298 g/mol. The summed E-state index contributed by atoms with van der Waals surface area (Å²) in [7, 11) is -0.456. The molecule has 1 rings (SSSR count). The number of thiol groups is 1. The summed E-state index contributed by atoms with van der Waals surface area (Å²) in [6, 6.07) is 8.28. The van der Waals surface area contributed by atoms with E-state index in [9.17, 15) is 9.59 Å². The molecule has 0 saturated heterocycles. The number of aliphatic carboxylic acids is 2. The molecule has 0 saturated carbocycles. The predicted octanol–water partition coefficient (Wildman–Crippen LogP) is 3.08. The Kier molecular flexibility index (Phi) is 7.15. The van der Waals surface area contributed by atoms with Crippen molar-refractivity contribution in [1.29, 1.82) is 0 Å².